The van der Waals surface area contributed by atoms with Crippen LogP contribution in [0, 0.1) is 12.7 Å². The van der Waals surface area contributed by atoms with Crippen molar-refractivity contribution in [2.24, 2.45) is 5.73 Å². The highest BCUT2D eigenvalue weighted by Crippen LogP contribution is 2.27. The van der Waals surface area contributed by atoms with Crippen molar-refractivity contribution < 1.29 is 4.39 Å². The molecular weight excluding hydrogens is 301 g/mol. The number of aryl methyl sites for hydroxylation is 1. The van der Waals surface area contributed by atoms with Gasteiger partial charge in [-0.3, -0.25) is 0 Å². The van der Waals surface area contributed by atoms with Gasteiger partial charge in [-0.1, -0.05) is 22.0 Å². The van der Waals surface area contributed by atoms with E-state index < -0.39 is 0 Å². The third kappa shape index (κ3) is 3.15. The molecule has 1 aromatic heterocycles. The van der Waals surface area contributed by atoms with Crippen molar-refractivity contribution in [1.82, 2.24) is 0 Å². The van der Waals surface area contributed by atoms with Gasteiger partial charge >= 0.3 is 0 Å². The molecule has 0 bridgehead atoms. The molecule has 0 aliphatic rings. The molecule has 1 atom stereocenters. The Morgan fingerprint density at radius 2 is 2.12 bits per heavy atom. The largest absolute Gasteiger partial charge is 0.323 e. The summed E-state index contributed by atoms with van der Waals surface area (Å²) in [5.74, 6) is -0.235. The first-order chi connectivity index (χ1) is 8.06. The number of hydrogen-bond acceptors (Lipinski definition) is 2. The molecule has 1 unspecified atom stereocenters. The second-order valence-corrected chi connectivity index (χ2v) is 6.17. The highest BCUT2D eigenvalue weighted by Gasteiger charge is 2.11. The van der Waals surface area contributed by atoms with E-state index in [-0.39, 0.29) is 11.9 Å². The third-order valence-electron chi connectivity index (χ3n) is 2.58. The lowest BCUT2D eigenvalue weighted by atomic mass is 10.1. The third-order valence-corrected chi connectivity index (χ3v) is 4.45. The van der Waals surface area contributed by atoms with Gasteiger partial charge in [0.2, 0.25) is 0 Å². The summed E-state index contributed by atoms with van der Waals surface area (Å²) < 4.78 is 13.7. The van der Waals surface area contributed by atoms with Crippen molar-refractivity contribution in [3.63, 3.8) is 0 Å². The van der Waals surface area contributed by atoms with E-state index in [1.54, 1.807) is 17.4 Å². The van der Waals surface area contributed by atoms with Crippen LogP contribution in [0.15, 0.2) is 34.8 Å². The number of halogens is 2. The summed E-state index contributed by atoms with van der Waals surface area (Å²) in [5, 5.41) is 0. The zero-order valence-electron chi connectivity index (χ0n) is 9.41. The van der Waals surface area contributed by atoms with Crippen LogP contribution in [0.5, 0.6) is 0 Å². The topological polar surface area (TPSA) is 26.0 Å². The van der Waals surface area contributed by atoms with Crippen LogP contribution in [0.1, 0.15) is 21.4 Å². The normalized spacial score (nSPS) is 12.7. The van der Waals surface area contributed by atoms with Crippen molar-refractivity contribution in [1.29, 1.82) is 0 Å². The maximum Gasteiger partial charge on any atom is 0.124 e. The van der Waals surface area contributed by atoms with E-state index in [2.05, 4.69) is 35.0 Å². The molecule has 1 aromatic carbocycles. The van der Waals surface area contributed by atoms with Gasteiger partial charge in [0.1, 0.15) is 5.82 Å². The van der Waals surface area contributed by atoms with Crippen LogP contribution in [0.25, 0.3) is 0 Å². The van der Waals surface area contributed by atoms with Crippen LogP contribution in [0.4, 0.5) is 4.39 Å². The first-order valence-corrected chi connectivity index (χ1v) is 6.93. The highest BCUT2D eigenvalue weighted by molar-refractivity contribution is 9.10. The van der Waals surface area contributed by atoms with Gasteiger partial charge in [0.25, 0.3) is 0 Å². The van der Waals surface area contributed by atoms with Gasteiger partial charge in [-0.15, -0.1) is 11.3 Å². The molecule has 17 heavy (non-hydrogen) atoms. The Labute approximate surface area is 113 Å². The Balaban J connectivity index is 2.15. The van der Waals surface area contributed by atoms with E-state index in [0.717, 1.165) is 10.0 Å². The Kier molecular flexibility index (Phi) is 3.97. The van der Waals surface area contributed by atoms with Crippen LogP contribution in [0.3, 0.4) is 0 Å². The van der Waals surface area contributed by atoms with Gasteiger partial charge in [-0.2, -0.15) is 0 Å². The predicted octanol–water partition coefficient (Wildman–Crippen LogP) is 4.20. The highest BCUT2D eigenvalue weighted by atomic mass is 79.9. The van der Waals surface area contributed by atoms with E-state index in [1.165, 1.54) is 21.9 Å². The van der Waals surface area contributed by atoms with E-state index in [4.69, 9.17) is 5.73 Å². The van der Waals surface area contributed by atoms with Crippen LogP contribution in [0.2, 0.25) is 0 Å². The summed E-state index contributed by atoms with van der Waals surface area (Å²) in [6.07, 6.45) is 0.709. The van der Waals surface area contributed by atoms with Crippen molar-refractivity contribution >= 4 is 27.3 Å². The van der Waals surface area contributed by atoms with Crippen LogP contribution in [-0.4, -0.2) is 0 Å². The van der Waals surface area contributed by atoms with E-state index in [9.17, 15) is 4.39 Å². The second-order valence-electron chi connectivity index (χ2n) is 3.99. The van der Waals surface area contributed by atoms with Crippen LogP contribution in [-0.2, 0) is 6.42 Å². The Morgan fingerprint density at radius 3 is 2.71 bits per heavy atom. The van der Waals surface area contributed by atoms with Gasteiger partial charge in [0, 0.05) is 20.3 Å². The molecule has 0 saturated carbocycles. The van der Waals surface area contributed by atoms with Gasteiger partial charge in [-0.05, 0) is 43.2 Å². The lowest BCUT2D eigenvalue weighted by Crippen LogP contribution is -2.12. The molecule has 0 aliphatic heterocycles. The van der Waals surface area contributed by atoms with Crippen molar-refractivity contribution in [2.45, 2.75) is 19.4 Å². The first kappa shape index (κ1) is 12.7. The van der Waals surface area contributed by atoms with Gasteiger partial charge in [0.05, 0.1) is 0 Å². The lowest BCUT2D eigenvalue weighted by molar-refractivity contribution is 0.624. The smallest absolute Gasteiger partial charge is 0.124 e. The summed E-state index contributed by atoms with van der Waals surface area (Å²) in [6.45, 7) is 2.06. The number of rotatable bonds is 3. The van der Waals surface area contributed by atoms with E-state index >= 15 is 0 Å². The zero-order chi connectivity index (χ0) is 12.4. The minimum absolute atomic E-state index is 0.0320. The summed E-state index contributed by atoms with van der Waals surface area (Å²) in [7, 11) is 0. The van der Waals surface area contributed by atoms with Crippen molar-refractivity contribution in [2.75, 3.05) is 0 Å². The molecule has 0 radical (unpaired) electrons. The van der Waals surface area contributed by atoms with Crippen LogP contribution >= 0.6 is 27.3 Å². The second kappa shape index (κ2) is 5.29. The molecule has 0 saturated heterocycles. The Morgan fingerprint density at radius 1 is 1.35 bits per heavy atom. The van der Waals surface area contributed by atoms with Gasteiger partial charge in [-0.25, -0.2) is 4.39 Å². The minimum Gasteiger partial charge on any atom is -0.323 e. The van der Waals surface area contributed by atoms with Crippen molar-refractivity contribution in [3.8, 4) is 0 Å². The van der Waals surface area contributed by atoms with Crippen LogP contribution < -0.4 is 5.73 Å². The maximum atomic E-state index is 13.0. The predicted molar refractivity (Wildman–Crippen MR) is 73.8 cm³/mol. The molecule has 2 N–H and O–H groups in total. The number of benzene rings is 1. The number of hydrogen-bond donors (Lipinski definition) is 1. The quantitative estimate of drug-likeness (QED) is 0.903. The standard InChI is InChI=1S/C13H13BrFNS/c1-8-2-5-13(17-8)12(16)6-9-3-4-10(15)7-11(9)14/h2-5,7,12H,6,16H2,1H3. The Bertz CT molecular complexity index is 524. The SMILES string of the molecule is Cc1ccc(C(N)Cc2ccc(F)cc2Br)s1. The average molecular weight is 314 g/mol. The molecule has 0 fully saturated rings. The van der Waals surface area contributed by atoms with Crippen molar-refractivity contribution in [3.05, 3.63) is 55.9 Å². The molecule has 0 aliphatic carbocycles. The molecule has 1 heterocycles. The summed E-state index contributed by atoms with van der Waals surface area (Å²) in [4.78, 5) is 2.42. The van der Waals surface area contributed by atoms with E-state index in [0.29, 0.717) is 6.42 Å². The maximum absolute atomic E-state index is 13.0. The zero-order valence-corrected chi connectivity index (χ0v) is 11.8. The molecule has 2 aromatic rings. The lowest BCUT2D eigenvalue weighted by Gasteiger charge is -2.11. The molecule has 0 spiro atoms. The number of thiophene rings is 1. The van der Waals surface area contributed by atoms with Gasteiger partial charge < -0.3 is 5.73 Å². The molecule has 2 rings (SSSR count). The fraction of sp³-hybridized carbons (Fsp3) is 0.231. The Hall–Kier alpha value is -0.710. The summed E-state index contributed by atoms with van der Waals surface area (Å²) in [5.41, 5.74) is 7.18. The number of nitrogens with two attached hydrogens (primary N) is 1. The molecule has 1 nitrogen and oxygen atoms in total. The molecule has 4 heteroatoms. The molecule has 90 valence electrons. The summed E-state index contributed by atoms with van der Waals surface area (Å²) >= 11 is 5.07. The summed E-state index contributed by atoms with van der Waals surface area (Å²) in [6, 6.07) is 8.81. The molecular formula is C13H13BrFNS. The fourth-order valence-corrected chi connectivity index (χ4v) is 3.07. The fourth-order valence-electron chi connectivity index (χ4n) is 1.68. The average Bonchev–Trinajstić information content (AvgIpc) is 2.69. The molecule has 0 amide bonds. The van der Waals surface area contributed by atoms with Gasteiger partial charge in [0.15, 0.2) is 0 Å². The minimum atomic E-state index is -0.235. The monoisotopic (exact) mass is 313 g/mol. The first-order valence-electron chi connectivity index (χ1n) is 5.32. The van der Waals surface area contributed by atoms with E-state index in [1.807, 2.05) is 0 Å².